The van der Waals surface area contributed by atoms with Crippen LogP contribution in [0.3, 0.4) is 0 Å². The zero-order valence-electron chi connectivity index (χ0n) is 12.5. The fourth-order valence-electron chi connectivity index (χ4n) is 2.75. The van der Waals surface area contributed by atoms with E-state index in [1.54, 1.807) is 0 Å². The summed E-state index contributed by atoms with van der Waals surface area (Å²) in [7, 11) is 3.99. The van der Waals surface area contributed by atoms with E-state index < -0.39 is 0 Å². The molecule has 2 aromatic rings. The topological polar surface area (TPSA) is 29.9 Å². The van der Waals surface area contributed by atoms with Crippen molar-refractivity contribution in [3.8, 4) is 0 Å². The fraction of sp³-hybridized carbons (Fsp3) is 0.438. The first-order valence-electron chi connectivity index (χ1n) is 6.83. The van der Waals surface area contributed by atoms with Gasteiger partial charge in [-0.05, 0) is 32.9 Å². The van der Waals surface area contributed by atoms with Gasteiger partial charge in [0, 0.05) is 18.8 Å². The highest BCUT2D eigenvalue weighted by Gasteiger charge is 2.18. The van der Waals surface area contributed by atoms with E-state index >= 15 is 0 Å². The second-order valence-electron chi connectivity index (χ2n) is 5.20. The van der Waals surface area contributed by atoms with Crippen molar-refractivity contribution in [3.63, 3.8) is 0 Å². The van der Waals surface area contributed by atoms with E-state index in [1.165, 1.54) is 27.9 Å². The van der Waals surface area contributed by atoms with Crippen molar-refractivity contribution >= 4 is 0 Å². The van der Waals surface area contributed by atoms with Crippen molar-refractivity contribution in [1.29, 1.82) is 0 Å². The van der Waals surface area contributed by atoms with Gasteiger partial charge in [0.2, 0.25) is 0 Å². The van der Waals surface area contributed by atoms with Crippen LogP contribution in [0.4, 0.5) is 0 Å². The Morgan fingerprint density at radius 1 is 1.21 bits per heavy atom. The van der Waals surface area contributed by atoms with Crippen LogP contribution in [0.2, 0.25) is 0 Å². The van der Waals surface area contributed by atoms with Gasteiger partial charge >= 0.3 is 0 Å². The summed E-state index contributed by atoms with van der Waals surface area (Å²) in [5.41, 5.74) is 6.36. The number of nitrogens with zero attached hydrogens (tertiary/aromatic N) is 2. The normalized spacial score (nSPS) is 12.7. The van der Waals surface area contributed by atoms with Crippen LogP contribution in [0.1, 0.15) is 40.9 Å². The molecule has 1 N–H and O–H groups in total. The largest absolute Gasteiger partial charge is 0.309 e. The number of hydrogen-bond acceptors (Lipinski definition) is 2. The minimum absolute atomic E-state index is 0.210. The molecular weight excluding hydrogens is 234 g/mol. The summed E-state index contributed by atoms with van der Waals surface area (Å²) < 4.78 is 1.90. The molecule has 3 heteroatoms. The first-order valence-corrected chi connectivity index (χ1v) is 6.83. The molecule has 1 heterocycles. The maximum absolute atomic E-state index is 4.55. The number of aryl methyl sites for hydroxylation is 4. The molecule has 1 atom stereocenters. The molecule has 2 rings (SSSR count). The fourth-order valence-corrected chi connectivity index (χ4v) is 2.75. The van der Waals surface area contributed by atoms with Gasteiger partial charge in [-0.2, -0.15) is 5.10 Å². The predicted molar refractivity (Wildman–Crippen MR) is 79.4 cm³/mol. The van der Waals surface area contributed by atoms with Crippen LogP contribution in [0.25, 0.3) is 0 Å². The lowest BCUT2D eigenvalue weighted by atomic mass is 9.95. The van der Waals surface area contributed by atoms with Crippen LogP contribution in [0.15, 0.2) is 24.4 Å². The lowest BCUT2D eigenvalue weighted by Crippen LogP contribution is -2.18. The van der Waals surface area contributed by atoms with Crippen LogP contribution in [-0.4, -0.2) is 16.8 Å². The zero-order valence-corrected chi connectivity index (χ0v) is 12.5. The summed E-state index contributed by atoms with van der Waals surface area (Å²) >= 11 is 0. The average Bonchev–Trinajstić information content (AvgIpc) is 2.70. The maximum Gasteiger partial charge on any atom is 0.0673 e. The molecule has 0 aliphatic rings. The standard InChI is InChI=1S/C16H23N3/c1-6-15-14(10-19(5)18-15)16(17-4)13-8-11(2)7-12(3)9-13/h7-10,16-17H,6H2,1-5H3. The number of hydrogen-bond donors (Lipinski definition) is 1. The van der Waals surface area contributed by atoms with Gasteiger partial charge in [-0.1, -0.05) is 36.2 Å². The van der Waals surface area contributed by atoms with E-state index in [4.69, 9.17) is 0 Å². The molecule has 0 amide bonds. The highest BCUT2D eigenvalue weighted by Crippen LogP contribution is 2.26. The number of benzene rings is 1. The van der Waals surface area contributed by atoms with Gasteiger partial charge in [-0.3, -0.25) is 4.68 Å². The van der Waals surface area contributed by atoms with Crippen LogP contribution in [0, 0.1) is 13.8 Å². The smallest absolute Gasteiger partial charge is 0.0673 e. The highest BCUT2D eigenvalue weighted by atomic mass is 15.3. The van der Waals surface area contributed by atoms with E-state index in [2.05, 4.69) is 55.6 Å². The predicted octanol–water partition coefficient (Wildman–Crippen LogP) is 2.91. The summed E-state index contributed by atoms with van der Waals surface area (Å²) in [4.78, 5) is 0. The Hall–Kier alpha value is -1.61. The minimum Gasteiger partial charge on any atom is -0.309 e. The van der Waals surface area contributed by atoms with E-state index in [1.807, 2.05) is 18.8 Å². The van der Waals surface area contributed by atoms with Gasteiger partial charge in [0.1, 0.15) is 0 Å². The van der Waals surface area contributed by atoms with Gasteiger partial charge in [-0.15, -0.1) is 0 Å². The van der Waals surface area contributed by atoms with E-state index in [-0.39, 0.29) is 6.04 Å². The molecule has 0 bridgehead atoms. The van der Waals surface area contributed by atoms with Gasteiger partial charge < -0.3 is 5.32 Å². The summed E-state index contributed by atoms with van der Waals surface area (Å²) in [6.45, 7) is 6.44. The Morgan fingerprint density at radius 3 is 2.37 bits per heavy atom. The summed E-state index contributed by atoms with van der Waals surface area (Å²) in [5, 5.41) is 7.97. The number of nitrogens with one attached hydrogen (secondary N) is 1. The van der Waals surface area contributed by atoms with Crippen LogP contribution < -0.4 is 5.32 Å². The second kappa shape index (κ2) is 5.57. The van der Waals surface area contributed by atoms with Gasteiger partial charge in [0.15, 0.2) is 0 Å². The maximum atomic E-state index is 4.55. The zero-order chi connectivity index (χ0) is 14.0. The number of aromatic nitrogens is 2. The third kappa shape index (κ3) is 2.87. The SMILES string of the molecule is CCc1nn(C)cc1C(NC)c1cc(C)cc(C)c1. The van der Waals surface area contributed by atoms with Gasteiger partial charge in [0.05, 0.1) is 11.7 Å². The lowest BCUT2D eigenvalue weighted by Gasteiger charge is -2.18. The molecule has 0 aliphatic heterocycles. The van der Waals surface area contributed by atoms with E-state index in [0.29, 0.717) is 0 Å². The van der Waals surface area contributed by atoms with Crippen molar-refractivity contribution in [1.82, 2.24) is 15.1 Å². The third-order valence-corrected chi connectivity index (χ3v) is 3.45. The van der Waals surface area contributed by atoms with E-state index in [0.717, 1.165) is 6.42 Å². The summed E-state index contributed by atoms with van der Waals surface area (Å²) in [6, 6.07) is 6.92. The van der Waals surface area contributed by atoms with Crippen LogP contribution >= 0.6 is 0 Å². The molecule has 102 valence electrons. The molecular formula is C16H23N3. The van der Waals surface area contributed by atoms with Gasteiger partial charge in [-0.25, -0.2) is 0 Å². The summed E-state index contributed by atoms with van der Waals surface area (Å²) in [5.74, 6) is 0. The minimum atomic E-state index is 0.210. The van der Waals surface area contributed by atoms with Crippen molar-refractivity contribution in [2.24, 2.45) is 7.05 Å². The Balaban J connectivity index is 2.49. The second-order valence-corrected chi connectivity index (χ2v) is 5.20. The van der Waals surface area contributed by atoms with Crippen LogP contribution in [0.5, 0.6) is 0 Å². The highest BCUT2D eigenvalue weighted by molar-refractivity contribution is 5.37. The first-order chi connectivity index (χ1) is 9.05. The third-order valence-electron chi connectivity index (χ3n) is 3.45. The molecule has 0 saturated carbocycles. The molecule has 0 spiro atoms. The summed E-state index contributed by atoms with van der Waals surface area (Å²) in [6.07, 6.45) is 3.08. The van der Waals surface area contributed by atoms with E-state index in [9.17, 15) is 0 Å². The quantitative estimate of drug-likeness (QED) is 0.912. The molecule has 1 aromatic carbocycles. The average molecular weight is 257 g/mol. The monoisotopic (exact) mass is 257 g/mol. The van der Waals surface area contributed by atoms with Crippen molar-refractivity contribution in [2.75, 3.05) is 7.05 Å². The Kier molecular flexibility index (Phi) is 4.05. The molecule has 0 radical (unpaired) electrons. The molecule has 19 heavy (non-hydrogen) atoms. The Labute approximate surface area is 115 Å². The van der Waals surface area contributed by atoms with Crippen molar-refractivity contribution in [2.45, 2.75) is 33.2 Å². The van der Waals surface area contributed by atoms with Crippen LogP contribution in [-0.2, 0) is 13.5 Å². The van der Waals surface area contributed by atoms with Crippen molar-refractivity contribution < 1.29 is 0 Å². The first kappa shape index (κ1) is 13.8. The number of rotatable bonds is 4. The molecule has 0 aliphatic carbocycles. The molecule has 0 saturated heterocycles. The lowest BCUT2D eigenvalue weighted by molar-refractivity contribution is 0.682. The van der Waals surface area contributed by atoms with Gasteiger partial charge in [0.25, 0.3) is 0 Å². The van der Waals surface area contributed by atoms with Crippen molar-refractivity contribution in [3.05, 3.63) is 52.3 Å². The molecule has 1 aromatic heterocycles. The molecule has 1 unspecified atom stereocenters. The Morgan fingerprint density at radius 2 is 1.84 bits per heavy atom. The molecule has 3 nitrogen and oxygen atoms in total. The Bertz CT molecular complexity index is 549. The molecule has 0 fully saturated rings.